The lowest BCUT2D eigenvalue weighted by atomic mass is 9.45. The van der Waals surface area contributed by atoms with Crippen molar-refractivity contribution in [3.05, 3.63) is 0 Å². The van der Waals surface area contributed by atoms with Gasteiger partial charge >= 0.3 is 0 Å². The van der Waals surface area contributed by atoms with Crippen LogP contribution in [0.1, 0.15) is 58.8 Å². The molecule has 4 aliphatic carbocycles. The summed E-state index contributed by atoms with van der Waals surface area (Å²) in [6.45, 7) is 4.64. The SMILES string of the molecule is C[C@]12[C@@H](CC[C@H]3[C@H]1CC[C@@]1(C)C(=O)CC[C@H]31)CC(=O)[C@H]1O[C@@H]12. The molecule has 0 bridgehead atoms. The van der Waals surface area contributed by atoms with Gasteiger partial charge in [-0.25, -0.2) is 0 Å². The fourth-order valence-electron chi connectivity index (χ4n) is 7.20. The molecular weight excluding hydrogens is 276 g/mol. The number of epoxide rings is 1. The first-order chi connectivity index (χ1) is 10.5. The Morgan fingerprint density at radius 3 is 2.68 bits per heavy atom. The number of hydrogen-bond donors (Lipinski definition) is 0. The highest BCUT2D eigenvalue weighted by molar-refractivity contribution is 5.88. The summed E-state index contributed by atoms with van der Waals surface area (Å²) in [6.07, 6.45) is 7.35. The van der Waals surface area contributed by atoms with E-state index in [9.17, 15) is 9.59 Å². The number of ketones is 2. The Morgan fingerprint density at radius 2 is 1.86 bits per heavy atom. The minimum Gasteiger partial charge on any atom is -0.361 e. The lowest BCUT2D eigenvalue weighted by Gasteiger charge is -2.58. The van der Waals surface area contributed by atoms with Crippen molar-refractivity contribution >= 4 is 11.6 Å². The highest BCUT2D eigenvalue weighted by atomic mass is 16.6. The van der Waals surface area contributed by atoms with Crippen LogP contribution in [0.2, 0.25) is 0 Å². The zero-order valence-electron chi connectivity index (χ0n) is 13.6. The monoisotopic (exact) mass is 302 g/mol. The highest BCUT2D eigenvalue weighted by Gasteiger charge is 2.69. The molecule has 5 fully saturated rings. The van der Waals surface area contributed by atoms with Crippen LogP contribution >= 0.6 is 0 Å². The van der Waals surface area contributed by atoms with Gasteiger partial charge < -0.3 is 4.74 Å². The van der Waals surface area contributed by atoms with Crippen LogP contribution in [0.25, 0.3) is 0 Å². The third-order valence-electron chi connectivity index (χ3n) is 8.54. The van der Waals surface area contributed by atoms with Crippen molar-refractivity contribution in [2.24, 2.45) is 34.5 Å². The molecule has 120 valence electrons. The van der Waals surface area contributed by atoms with E-state index in [-0.39, 0.29) is 23.0 Å². The second-order valence-corrected chi connectivity index (χ2v) is 9.08. The number of ether oxygens (including phenoxy) is 1. The largest absolute Gasteiger partial charge is 0.361 e. The summed E-state index contributed by atoms with van der Waals surface area (Å²) in [5, 5.41) is 0. The molecule has 5 aliphatic rings. The predicted octanol–water partition coefficient (Wildman–Crippen LogP) is 3.15. The molecule has 22 heavy (non-hydrogen) atoms. The van der Waals surface area contributed by atoms with Crippen molar-refractivity contribution in [1.29, 1.82) is 0 Å². The van der Waals surface area contributed by atoms with Crippen LogP contribution in [0.5, 0.6) is 0 Å². The summed E-state index contributed by atoms with van der Waals surface area (Å²) in [5.74, 6) is 3.32. The van der Waals surface area contributed by atoms with Crippen LogP contribution in [0.4, 0.5) is 0 Å². The molecule has 1 aliphatic heterocycles. The third kappa shape index (κ3) is 1.43. The van der Waals surface area contributed by atoms with E-state index >= 15 is 0 Å². The minimum atomic E-state index is -0.0847. The molecule has 0 unspecified atom stereocenters. The first kappa shape index (κ1) is 13.7. The van der Waals surface area contributed by atoms with Crippen molar-refractivity contribution in [2.45, 2.75) is 71.0 Å². The Balaban J connectivity index is 1.51. The summed E-state index contributed by atoms with van der Waals surface area (Å²) >= 11 is 0. The molecule has 1 saturated heterocycles. The molecule has 0 aromatic rings. The maximum Gasteiger partial charge on any atom is 0.164 e. The van der Waals surface area contributed by atoms with Gasteiger partial charge in [0, 0.05) is 23.7 Å². The van der Waals surface area contributed by atoms with Crippen LogP contribution in [0, 0.1) is 34.5 Å². The van der Waals surface area contributed by atoms with Gasteiger partial charge in [0.1, 0.15) is 11.9 Å². The first-order valence-corrected chi connectivity index (χ1v) is 9.17. The van der Waals surface area contributed by atoms with Gasteiger partial charge in [-0.1, -0.05) is 13.8 Å². The van der Waals surface area contributed by atoms with Crippen molar-refractivity contribution in [3.63, 3.8) is 0 Å². The number of Topliss-reactive ketones (excluding diaryl/α,β-unsaturated/α-hetero) is 2. The highest BCUT2D eigenvalue weighted by Crippen LogP contribution is 2.67. The standard InChI is InChI=1S/C19H26O3/c1-18-8-7-13-11(12(18)5-6-15(18)21)4-3-10-9-14(20)16-17(22-16)19(10,13)2/h10-13,16-17H,3-9H2,1-2H3/t10-,11+,12+,13+,16+,17-,18+,19-/m0/s1. The number of carbonyl (C=O) groups is 2. The smallest absolute Gasteiger partial charge is 0.164 e. The summed E-state index contributed by atoms with van der Waals surface area (Å²) in [4.78, 5) is 24.5. The fraction of sp³-hybridized carbons (Fsp3) is 0.895. The number of fused-ring (bicyclic) bond motifs is 7. The molecule has 0 N–H and O–H groups in total. The third-order valence-corrected chi connectivity index (χ3v) is 8.54. The molecule has 0 aromatic heterocycles. The summed E-state index contributed by atoms with van der Waals surface area (Å²) in [7, 11) is 0. The van der Waals surface area contributed by atoms with Gasteiger partial charge in [0.2, 0.25) is 0 Å². The molecule has 3 nitrogen and oxygen atoms in total. The minimum absolute atomic E-state index is 0.0430. The van der Waals surface area contributed by atoms with Crippen LogP contribution in [-0.2, 0) is 14.3 Å². The van der Waals surface area contributed by atoms with E-state index in [1.54, 1.807) is 0 Å². The maximum atomic E-state index is 12.4. The molecule has 8 atom stereocenters. The number of carbonyl (C=O) groups excluding carboxylic acids is 2. The predicted molar refractivity (Wildman–Crippen MR) is 81.2 cm³/mol. The second kappa shape index (κ2) is 4.03. The quantitative estimate of drug-likeness (QED) is 0.646. The van der Waals surface area contributed by atoms with Crippen LogP contribution in [0.3, 0.4) is 0 Å². The van der Waals surface area contributed by atoms with Crippen molar-refractivity contribution in [3.8, 4) is 0 Å². The van der Waals surface area contributed by atoms with Gasteiger partial charge in [-0.15, -0.1) is 0 Å². The average molecular weight is 302 g/mol. The molecule has 4 saturated carbocycles. The van der Waals surface area contributed by atoms with Crippen LogP contribution < -0.4 is 0 Å². The van der Waals surface area contributed by atoms with Crippen LogP contribution in [0.15, 0.2) is 0 Å². The molecular formula is C19H26O3. The molecule has 1 heterocycles. The normalized spacial score (nSPS) is 59.4. The van der Waals surface area contributed by atoms with Gasteiger partial charge in [0.15, 0.2) is 5.78 Å². The average Bonchev–Trinajstić information content (AvgIpc) is 3.24. The Kier molecular flexibility index (Phi) is 2.51. The Labute approximate surface area is 132 Å². The van der Waals surface area contributed by atoms with E-state index in [1.807, 2.05) is 0 Å². The van der Waals surface area contributed by atoms with E-state index in [2.05, 4.69) is 13.8 Å². The Bertz CT molecular complexity index is 569. The van der Waals surface area contributed by atoms with Gasteiger partial charge in [0.25, 0.3) is 0 Å². The molecule has 5 rings (SSSR count). The molecule has 3 heteroatoms. The molecule has 0 radical (unpaired) electrons. The maximum absolute atomic E-state index is 12.4. The van der Waals surface area contributed by atoms with E-state index in [4.69, 9.17) is 4.74 Å². The van der Waals surface area contributed by atoms with Gasteiger partial charge in [-0.2, -0.15) is 0 Å². The van der Waals surface area contributed by atoms with Crippen LogP contribution in [-0.4, -0.2) is 23.8 Å². The molecule has 0 aromatic carbocycles. The first-order valence-electron chi connectivity index (χ1n) is 9.17. The van der Waals surface area contributed by atoms with Crippen molar-refractivity contribution in [2.75, 3.05) is 0 Å². The summed E-state index contributed by atoms with van der Waals surface area (Å²) in [5.41, 5.74) is 0.146. The van der Waals surface area contributed by atoms with Gasteiger partial charge in [0.05, 0.1) is 6.10 Å². The van der Waals surface area contributed by atoms with E-state index in [0.29, 0.717) is 35.2 Å². The second-order valence-electron chi connectivity index (χ2n) is 9.08. The number of rotatable bonds is 0. The molecule has 0 spiro atoms. The molecule has 0 amide bonds. The number of hydrogen-bond acceptors (Lipinski definition) is 3. The zero-order valence-corrected chi connectivity index (χ0v) is 13.6. The Hall–Kier alpha value is -0.700. The summed E-state index contributed by atoms with van der Waals surface area (Å²) in [6, 6.07) is 0. The topological polar surface area (TPSA) is 46.7 Å². The lowest BCUT2D eigenvalue weighted by molar-refractivity contribution is -0.141. The Morgan fingerprint density at radius 1 is 1.05 bits per heavy atom. The fourth-order valence-corrected chi connectivity index (χ4v) is 7.20. The summed E-state index contributed by atoms with van der Waals surface area (Å²) < 4.78 is 5.85. The van der Waals surface area contributed by atoms with Crippen molar-refractivity contribution in [1.82, 2.24) is 0 Å². The van der Waals surface area contributed by atoms with Crippen molar-refractivity contribution < 1.29 is 14.3 Å². The van der Waals surface area contributed by atoms with Gasteiger partial charge in [-0.3, -0.25) is 9.59 Å². The zero-order chi connectivity index (χ0) is 15.3. The van der Waals surface area contributed by atoms with E-state index in [1.165, 1.54) is 6.42 Å². The lowest BCUT2D eigenvalue weighted by Crippen LogP contribution is -2.56. The van der Waals surface area contributed by atoms with E-state index < -0.39 is 0 Å². The van der Waals surface area contributed by atoms with E-state index in [0.717, 1.165) is 38.5 Å². The van der Waals surface area contributed by atoms with Gasteiger partial charge in [-0.05, 0) is 55.8 Å².